The largest absolute Gasteiger partial charge is 0.481 e. The maximum Gasteiger partial charge on any atom is 0.419 e. The molecule has 148 valence electrons. The molecule has 0 radical (unpaired) electrons. The highest BCUT2D eigenvalue weighted by molar-refractivity contribution is 6.33. The summed E-state index contributed by atoms with van der Waals surface area (Å²) in [6, 6.07) is 4.59. The molecule has 0 saturated carbocycles. The monoisotopic (exact) mass is 418 g/mol. The fraction of sp³-hybridized carbons (Fsp3) is 0.235. The molecule has 0 saturated heterocycles. The van der Waals surface area contributed by atoms with E-state index in [4.69, 9.17) is 20.8 Å². The number of ether oxygens (including phenoxy) is 1. The van der Waals surface area contributed by atoms with Crippen LogP contribution in [0.4, 0.5) is 23.2 Å². The van der Waals surface area contributed by atoms with Gasteiger partial charge in [-0.2, -0.15) is 13.2 Å². The number of hydrogen-bond donors (Lipinski definition) is 0. The Kier molecular flexibility index (Phi) is 5.16. The lowest BCUT2D eigenvalue weighted by Gasteiger charge is -2.16. The Morgan fingerprint density at radius 1 is 1.32 bits per heavy atom. The van der Waals surface area contributed by atoms with Gasteiger partial charge in [-0.25, -0.2) is 9.37 Å². The molecule has 3 aromatic rings. The van der Waals surface area contributed by atoms with Crippen LogP contribution in [0.1, 0.15) is 30.9 Å². The van der Waals surface area contributed by atoms with Gasteiger partial charge in [0.05, 0.1) is 16.6 Å². The standard InChI is InChI=1S/C17H11ClF4N2O4/c1-2-14(27-8-3-4-11(19)9(5-8)17(20,21)22)16-23-12-6-10(18)13(24(25)26)7-15(12)28-16/h3-7,14H,2H2,1H3. The Balaban J connectivity index is 1.95. The molecule has 0 amide bonds. The number of fused-ring (bicyclic) bond motifs is 1. The van der Waals surface area contributed by atoms with E-state index in [9.17, 15) is 27.7 Å². The zero-order valence-electron chi connectivity index (χ0n) is 14.1. The van der Waals surface area contributed by atoms with Crippen molar-refractivity contribution in [2.45, 2.75) is 25.6 Å². The molecule has 2 aromatic carbocycles. The number of halogens is 5. The third-order valence-corrected chi connectivity index (χ3v) is 4.14. The molecule has 0 bridgehead atoms. The zero-order valence-corrected chi connectivity index (χ0v) is 14.8. The summed E-state index contributed by atoms with van der Waals surface area (Å²) in [5.41, 5.74) is -1.54. The lowest BCUT2D eigenvalue weighted by atomic mass is 10.2. The van der Waals surface area contributed by atoms with E-state index in [1.807, 2.05) is 0 Å². The molecular weight excluding hydrogens is 408 g/mol. The van der Waals surface area contributed by atoms with E-state index in [0.29, 0.717) is 12.1 Å². The summed E-state index contributed by atoms with van der Waals surface area (Å²) in [6.45, 7) is 1.67. The summed E-state index contributed by atoms with van der Waals surface area (Å²) in [4.78, 5) is 14.4. The highest BCUT2D eigenvalue weighted by Crippen LogP contribution is 2.36. The van der Waals surface area contributed by atoms with Crippen LogP contribution in [0.25, 0.3) is 11.1 Å². The average Bonchev–Trinajstić information content (AvgIpc) is 3.01. The zero-order chi connectivity index (χ0) is 20.6. The summed E-state index contributed by atoms with van der Waals surface area (Å²) in [5.74, 6) is -1.66. The van der Waals surface area contributed by atoms with Crippen molar-refractivity contribution in [1.82, 2.24) is 4.98 Å². The van der Waals surface area contributed by atoms with Crippen LogP contribution in [-0.2, 0) is 6.18 Å². The number of alkyl halides is 3. The van der Waals surface area contributed by atoms with Crippen molar-refractivity contribution in [2.24, 2.45) is 0 Å². The first kappa shape index (κ1) is 19.9. The summed E-state index contributed by atoms with van der Waals surface area (Å²) in [6.07, 6.45) is -5.53. The van der Waals surface area contributed by atoms with Crippen molar-refractivity contribution in [1.29, 1.82) is 0 Å². The van der Waals surface area contributed by atoms with Gasteiger partial charge in [0.2, 0.25) is 5.89 Å². The van der Waals surface area contributed by atoms with Gasteiger partial charge in [-0.3, -0.25) is 10.1 Å². The van der Waals surface area contributed by atoms with Gasteiger partial charge >= 0.3 is 6.18 Å². The molecule has 1 unspecified atom stereocenters. The first-order valence-corrected chi connectivity index (χ1v) is 8.25. The topological polar surface area (TPSA) is 78.4 Å². The maximum absolute atomic E-state index is 13.4. The second kappa shape index (κ2) is 7.27. The second-order valence-corrected chi connectivity index (χ2v) is 6.14. The Labute approximate surface area is 159 Å². The number of nitrogens with zero attached hydrogens (tertiary/aromatic N) is 2. The molecule has 0 aliphatic heterocycles. The van der Waals surface area contributed by atoms with E-state index in [2.05, 4.69) is 4.98 Å². The Hall–Kier alpha value is -2.88. The van der Waals surface area contributed by atoms with Crippen molar-refractivity contribution in [3.8, 4) is 5.75 Å². The first-order valence-electron chi connectivity index (χ1n) is 7.88. The lowest BCUT2D eigenvalue weighted by molar-refractivity contribution is -0.384. The van der Waals surface area contributed by atoms with Gasteiger partial charge in [-0.1, -0.05) is 18.5 Å². The van der Waals surface area contributed by atoms with E-state index in [-0.39, 0.29) is 39.9 Å². The fourth-order valence-corrected chi connectivity index (χ4v) is 2.73. The number of hydrogen-bond acceptors (Lipinski definition) is 5. The molecule has 3 rings (SSSR count). The van der Waals surface area contributed by atoms with Gasteiger partial charge in [0, 0.05) is 0 Å². The minimum atomic E-state index is -4.88. The normalized spacial score (nSPS) is 12.9. The summed E-state index contributed by atoms with van der Waals surface area (Å²) >= 11 is 5.83. The third kappa shape index (κ3) is 3.86. The summed E-state index contributed by atoms with van der Waals surface area (Å²) in [5, 5.41) is 10.8. The van der Waals surface area contributed by atoms with Gasteiger partial charge < -0.3 is 9.15 Å². The highest BCUT2D eigenvalue weighted by Gasteiger charge is 2.34. The van der Waals surface area contributed by atoms with Crippen LogP contribution in [0.5, 0.6) is 5.75 Å². The van der Waals surface area contributed by atoms with E-state index < -0.39 is 28.6 Å². The summed E-state index contributed by atoms with van der Waals surface area (Å²) < 4.78 is 62.9. The summed E-state index contributed by atoms with van der Waals surface area (Å²) in [7, 11) is 0. The van der Waals surface area contributed by atoms with Crippen LogP contribution in [0, 0.1) is 15.9 Å². The molecule has 0 aliphatic rings. The number of nitro groups is 1. The number of nitro benzene ring substituents is 1. The van der Waals surface area contributed by atoms with Crippen LogP contribution in [-0.4, -0.2) is 9.91 Å². The molecule has 1 atom stereocenters. The van der Waals surface area contributed by atoms with Crippen LogP contribution in [0.3, 0.4) is 0 Å². The minimum Gasteiger partial charge on any atom is -0.481 e. The van der Waals surface area contributed by atoms with Crippen LogP contribution < -0.4 is 4.74 Å². The first-order chi connectivity index (χ1) is 13.1. The van der Waals surface area contributed by atoms with Crippen LogP contribution in [0.2, 0.25) is 5.02 Å². The molecular formula is C17H11ClF4N2O4. The predicted octanol–water partition coefficient (Wildman–Crippen LogP) is 6.08. The van der Waals surface area contributed by atoms with Crippen molar-refractivity contribution < 1.29 is 31.6 Å². The Morgan fingerprint density at radius 3 is 2.64 bits per heavy atom. The number of oxazole rings is 1. The van der Waals surface area contributed by atoms with Gasteiger partial charge in [0.15, 0.2) is 11.7 Å². The number of aromatic nitrogens is 1. The van der Waals surface area contributed by atoms with Crippen LogP contribution in [0.15, 0.2) is 34.7 Å². The fourth-order valence-electron chi connectivity index (χ4n) is 2.50. The maximum atomic E-state index is 13.4. The molecule has 0 N–H and O–H groups in total. The molecule has 0 spiro atoms. The predicted molar refractivity (Wildman–Crippen MR) is 90.7 cm³/mol. The second-order valence-electron chi connectivity index (χ2n) is 5.73. The molecule has 1 aromatic heterocycles. The highest BCUT2D eigenvalue weighted by atomic mass is 35.5. The van der Waals surface area contributed by atoms with Gasteiger partial charge in [-0.05, 0) is 30.7 Å². The minimum absolute atomic E-state index is 0.00746. The van der Waals surface area contributed by atoms with Crippen molar-refractivity contribution in [2.75, 3.05) is 0 Å². The third-order valence-electron chi connectivity index (χ3n) is 3.84. The van der Waals surface area contributed by atoms with Crippen molar-refractivity contribution in [3.05, 3.63) is 62.7 Å². The van der Waals surface area contributed by atoms with E-state index in [1.54, 1.807) is 6.92 Å². The molecule has 1 heterocycles. The van der Waals surface area contributed by atoms with Crippen LogP contribution >= 0.6 is 11.6 Å². The quantitative estimate of drug-likeness (QED) is 0.285. The van der Waals surface area contributed by atoms with E-state index in [1.165, 1.54) is 6.07 Å². The van der Waals surface area contributed by atoms with Crippen molar-refractivity contribution in [3.63, 3.8) is 0 Å². The molecule has 11 heteroatoms. The SMILES string of the molecule is CCC(Oc1ccc(F)c(C(F)(F)F)c1)c1nc2cc(Cl)c([N+](=O)[O-])cc2o1. The Bertz CT molecular complexity index is 1050. The van der Waals surface area contributed by atoms with Gasteiger partial charge in [0.1, 0.15) is 22.1 Å². The number of benzene rings is 2. The molecule has 0 fully saturated rings. The molecule has 28 heavy (non-hydrogen) atoms. The number of rotatable bonds is 5. The Morgan fingerprint density at radius 2 is 2.04 bits per heavy atom. The molecule has 0 aliphatic carbocycles. The van der Waals surface area contributed by atoms with Crippen molar-refractivity contribution >= 4 is 28.4 Å². The van der Waals surface area contributed by atoms with Gasteiger partial charge in [-0.15, -0.1) is 0 Å². The van der Waals surface area contributed by atoms with E-state index >= 15 is 0 Å². The average molecular weight is 419 g/mol. The molecule has 6 nitrogen and oxygen atoms in total. The van der Waals surface area contributed by atoms with E-state index in [0.717, 1.165) is 12.1 Å². The lowest BCUT2D eigenvalue weighted by Crippen LogP contribution is -2.11. The smallest absolute Gasteiger partial charge is 0.419 e. The van der Waals surface area contributed by atoms with Gasteiger partial charge in [0.25, 0.3) is 5.69 Å².